The minimum absolute atomic E-state index is 0.0654. The molecule has 1 aromatic heterocycles. The number of anilines is 1. The number of benzene rings is 2. The zero-order valence-corrected chi connectivity index (χ0v) is 22.1. The molecule has 3 aromatic rings. The van der Waals surface area contributed by atoms with E-state index in [1.807, 2.05) is 0 Å². The molecule has 1 aliphatic rings. The number of carbonyl (C=O) groups excluding carboxylic acids is 1. The number of nitrogens with zero attached hydrogens (tertiary/aromatic N) is 2. The predicted octanol–water partition coefficient (Wildman–Crippen LogP) is 4.38. The third kappa shape index (κ3) is 5.02. The van der Waals surface area contributed by atoms with Crippen LogP contribution in [0.4, 0.5) is 5.69 Å². The Morgan fingerprint density at radius 2 is 1.92 bits per heavy atom. The molecule has 0 aliphatic carbocycles. The second kappa shape index (κ2) is 10.3. The van der Waals surface area contributed by atoms with Gasteiger partial charge in [0.2, 0.25) is 16.1 Å². The van der Waals surface area contributed by atoms with Crippen LogP contribution < -0.4 is 14.4 Å². The third-order valence-corrected chi connectivity index (χ3v) is 9.13. The lowest BCUT2D eigenvalue weighted by molar-refractivity contribution is -0.144. The maximum atomic E-state index is 13.5. The number of hydrogen-bond donors (Lipinski definition) is 1. The van der Waals surface area contributed by atoms with Gasteiger partial charge in [0.25, 0.3) is 5.91 Å². The Hall–Kier alpha value is -2.83. The minimum atomic E-state index is -3.84. The number of amides is 1. The SMILES string of the molecule is COc1ccc2c(c1)N(C(=O)c1scc(CN(C)S(=O)(=O)c3ccc(Cl)cc3)c1Cl)CC(C(=O)O)O2. The van der Waals surface area contributed by atoms with E-state index >= 15 is 0 Å². The molecule has 0 bridgehead atoms. The van der Waals surface area contributed by atoms with E-state index in [4.69, 9.17) is 32.7 Å². The van der Waals surface area contributed by atoms with Gasteiger partial charge in [-0.3, -0.25) is 9.69 Å². The first-order chi connectivity index (χ1) is 17.0. The summed E-state index contributed by atoms with van der Waals surface area (Å²) < 4.78 is 37.7. The van der Waals surface area contributed by atoms with Crippen molar-refractivity contribution >= 4 is 62.1 Å². The molecule has 2 aromatic carbocycles. The number of rotatable bonds is 7. The van der Waals surface area contributed by atoms with Crippen LogP contribution >= 0.6 is 34.5 Å². The molecular weight excluding hydrogens is 551 g/mol. The molecule has 36 heavy (non-hydrogen) atoms. The van der Waals surface area contributed by atoms with Gasteiger partial charge in [0.05, 0.1) is 29.3 Å². The van der Waals surface area contributed by atoms with Crippen molar-refractivity contribution < 1.29 is 32.6 Å². The molecule has 0 saturated carbocycles. The van der Waals surface area contributed by atoms with E-state index in [0.717, 1.165) is 15.6 Å². The molecule has 1 amide bonds. The number of carboxylic acid groups (broad SMARTS) is 1. The van der Waals surface area contributed by atoms with E-state index in [2.05, 4.69) is 0 Å². The third-order valence-electron chi connectivity index (χ3n) is 5.50. The summed E-state index contributed by atoms with van der Waals surface area (Å²) in [4.78, 5) is 26.6. The number of methoxy groups -OCH3 is 1. The zero-order valence-electron chi connectivity index (χ0n) is 19.0. The molecule has 1 unspecified atom stereocenters. The van der Waals surface area contributed by atoms with Crippen molar-refractivity contribution in [3.63, 3.8) is 0 Å². The highest BCUT2D eigenvalue weighted by molar-refractivity contribution is 7.89. The number of fused-ring (bicyclic) bond motifs is 1. The van der Waals surface area contributed by atoms with E-state index in [9.17, 15) is 23.1 Å². The van der Waals surface area contributed by atoms with Gasteiger partial charge >= 0.3 is 5.97 Å². The van der Waals surface area contributed by atoms with E-state index in [1.54, 1.807) is 17.5 Å². The Morgan fingerprint density at radius 3 is 2.56 bits per heavy atom. The van der Waals surface area contributed by atoms with Crippen molar-refractivity contribution in [1.82, 2.24) is 4.31 Å². The fraction of sp³-hybridized carbons (Fsp3) is 0.217. The van der Waals surface area contributed by atoms with E-state index < -0.39 is 28.0 Å². The van der Waals surface area contributed by atoms with Crippen LogP contribution in [0.5, 0.6) is 11.5 Å². The van der Waals surface area contributed by atoms with Gasteiger partial charge in [-0.15, -0.1) is 11.3 Å². The molecule has 13 heteroatoms. The summed E-state index contributed by atoms with van der Waals surface area (Å²) in [7, 11) is -0.966. The van der Waals surface area contributed by atoms with Crippen LogP contribution in [0.15, 0.2) is 52.7 Å². The normalized spacial score (nSPS) is 15.4. The summed E-state index contributed by atoms with van der Waals surface area (Å²) in [6, 6.07) is 10.5. The largest absolute Gasteiger partial charge is 0.497 e. The number of carboxylic acids is 1. The molecule has 0 saturated heterocycles. The van der Waals surface area contributed by atoms with Gasteiger partial charge in [0.1, 0.15) is 16.4 Å². The monoisotopic (exact) mass is 570 g/mol. The lowest BCUT2D eigenvalue weighted by Crippen LogP contribution is -2.47. The maximum absolute atomic E-state index is 13.5. The minimum Gasteiger partial charge on any atom is -0.497 e. The first kappa shape index (κ1) is 26.2. The summed E-state index contributed by atoms with van der Waals surface area (Å²) in [5.41, 5.74) is 0.768. The predicted molar refractivity (Wildman–Crippen MR) is 136 cm³/mol. The van der Waals surface area contributed by atoms with Crippen LogP contribution in [0, 0.1) is 0 Å². The Morgan fingerprint density at radius 1 is 1.22 bits per heavy atom. The fourth-order valence-electron chi connectivity index (χ4n) is 3.57. The lowest BCUT2D eigenvalue weighted by Gasteiger charge is -2.33. The van der Waals surface area contributed by atoms with Crippen LogP contribution in [0.1, 0.15) is 15.2 Å². The molecule has 2 heterocycles. The molecule has 1 N–H and O–H groups in total. The van der Waals surface area contributed by atoms with Gasteiger partial charge < -0.3 is 14.6 Å². The van der Waals surface area contributed by atoms with Crippen LogP contribution in [0.2, 0.25) is 10.0 Å². The molecule has 4 rings (SSSR count). The van der Waals surface area contributed by atoms with Crippen molar-refractivity contribution in [2.75, 3.05) is 25.6 Å². The van der Waals surface area contributed by atoms with E-state index in [1.165, 1.54) is 49.4 Å². The van der Waals surface area contributed by atoms with Crippen molar-refractivity contribution in [3.05, 3.63) is 68.3 Å². The molecule has 1 atom stereocenters. The van der Waals surface area contributed by atoms with Crippen molar-refractivity contribution in [3.8, 4) is 11.5 Å². The van der Waals surface area contributed by atoms with Crippen LogP contribution in [-0.4, -0.2) is 56.5 Å². The summed E-state index contributed by atoms with van der Waals surface area (Å²) in [6.45, 7) is -0.332. The second-order valence-corrected chi connectivity index (χ2v) is 11.6. The molecule has 0 fully saturated rings. The van der Waals surface area contributed by atoms with Gasteiger partial charge in [0.15, 0.2) is 0 Å². The first-order valence-corrected chi connectivity index (χ1v) is 13.5. The van der Waals surface area contributed by atoms with Crippen molar-refractivity contribution in [1.29, 1.82) is 0 Å². The highest BCUT2D eigenvalue weighted by Gasteiger charge is 2.36. The molecule has 190 valence electrons. The van der Waals surface area contributed by atoms with Crippen molar-refractivity contribution in [2.24, 2.45) is 0 Å². The van der Waals surface area contributed by atoms with E-state index in [0.29, 0.717) is 22.0 Å². The Labute approximate surface area is 221 Å². The van der Waals surface area contributed by atoms with Crippen LogP contribution in [0.3, 0.4) is 0 Å². The number of sulfonamides is 1. The number of thiophene rings is 1. The number of hydrogen-bond acceptors (Lipinski definition) is 7. The molecule has 1 aliphatic heterocycles. The van der Waals surface area contributed by atoms with Crippen LogP contribution in [0.25, 0.3) is 0 Å². The highest BCUT2D eigenvalue weighted by atomic mass is 35.5. The fourth-order valence-corrected chi connectivity index (χ4v) is 6.14. The quantitative estimate of drug-likeness (QED) is 0.448. The topological polar surface area (TPSA) is 113 Å². The molecule has 0 spiro atoms. The van der Waals surface area contributed by atoms with Gasteiger partial charge in [-0.1, -0.05) is 23.2 Å². The smallest absolute Gasteiger partial charge is 0.346 e. The van der Waals surface area contributed by atoms with Gasteiger partial charge in [0, 0.05) is 24.7 Å². The van der Waals surface area contributed by atoms with E-state index in [-0.39, 0.29) is 33.6 Å². The standard InChI is InChI=1S/C23H20Cl2N2O7S2/c1-26(36(31,32)16-6-3-14(24)4-7-16)10-13-12-35-21(20(13)25)22(28)27-11-19(23(29)30)34-18-8-5-15(33-2)9-17(18)27/h3-9,12,19H,10-11H2,1-2H3,(H,29,30). The second-order valence-electron chi connectivity index (χ2n) is 7.81. The number of halogens is 2. The Bertz CT molecular complexity index is 1420. The van der Waals surface area contributed by atoms with Gasteiger partial charge in [-0.2, -0.15) is 4.31 Å². The summed E-state index contributed by atoms with van der Waals surface area (Å²) >= 11 is 13.4. The Balaban J connectivity index is 1.62. The number of ether oxygens (including phenoxy) is 2. The molecule has 9 nitrogen and oxygen atoms in total. The molecule has 0 radical (unpaired) electrons. The summed E-state index contributed by atoms with van der Waals surface area (Å²) in [5.74, 6) is -1.09. The first-order valence-electron chi connectivity index (χ1n) is 10.4. The zero-order chi connectivity index (χ0) is 26.2. The maximum Gasteiger partial charge on any atom is 0.346 e. The molecular formula is C23H20Cl2N2O7S2. The average molecular weight is 571 g/mol. The lowest BCUT2D eigenvalue weighted by atomic mass is 10.1. The summed E-state index contributed by atoms with van der Waals surface area (Å²) in [5, 5.41) is 11.6. The van der Waals surface area contributed by atoms with Gasteiger partial charge in [-0.05, 0) is 47.3 Å². The average Bonchev–Trinajstić information content (AvgIpc) is 3.22. The van der Waals surface area contributed by atoms with Crippen molar-refractivity contribution in [2.45, 2.75) is 17.5 Å². The highest BCUT2D eigenvalue weighted by Crippen LogP contribution is 2.39. The summed E-state index contributed by atoms with van der Waals surface area (Å²) in [6.07, 6.45) is -1.27. The van der Waals surface area contributed by atoms with Gasteiger partial charge in [-0.25, -0.2) is 13.2 Å². The number of aliphatic carboxylic acids is 1. The Kier molecular flexibility index (Phi) is 7.48. The number of carbonyl (C=O) groups is 2. The van der Waals surface area contributed by atoms with Crippen LogP contribution in [-0.2, 0) is 21.4 Å².